The lowest BCUT2D eigenvalue weighted by Gasteiger charge is -1.84. The zero-order valence-electron chi connectivity index (χ0n) is 2.75. The van der Waals surface area contributed by atoms with Crippen LogP contribution < -0.4 is 0 Å². The third-order valence-electron chi connectivity index (χ3n) is 0.149. The van der Waals surface area contributed by atoms with Crippen LogP contribution in [0.2, 0.25) is 0 Å². The largest absolute Gasteiger partial charge is 0.436 e. The average Bonchev–Trinajstić information content (AvgIpc) is 1.35. The maximum Gasteiger partial charge on any atom is 0.223 e. The monoisotopic (exact) mass is 138 g/mol. The number of thiol groups is 1. The third-order valence-corrected chi connectivity index (χ3v) is 0.447. The molecule has 0 aliphatic heterocycles. The molecule has 0 N–H and O–H groups in total. The minimum atomic E-state index is 0.157. The van der Waals surface area contributed by atoms with Gasteiger partial charge in [-0.1, -0.05) is 12.6 Å². The van der Waals surface area contributed by atoms with Gasteiger partial charge in [-0.05, 0) is 24.4 Å². The molecule has 0 saturated carbocycles. The van der Waals surface area contributed by atoms with E-state index in [0.717, 1.165) is 5.55 Å². The standard InChI is InChI=1S/C2H2OS3/c4-1-3-2(5)6/h1H,(H,5,6). The highest BCUT2D eigenvalue weighted by atomic mass is 32.1. The minimum Gasteiger partial charge on any atom is -0.436 e. The smallest absolute Gasteiger partial charge is 0.223 e. The van der Waals surface area contributed by atoms with Crippen LogP contribution in [0.5, 0.6) is 0 Å². The predicted octanol–water partition coefficient (Wildman–Crippen LogP) is 1.17. The van der Waals surface area contributed by atoms with Crippen molar-refractivity contribution in [1.29, 1.82) is 0 Å². The molecule has 0 aromatic heterocycles. The van der Waals surface area contributed by atoms with E-state index in [-0.39, 0.29) is 4.38 Å². The Bertz CT molecular complexity index is 69.2. The van der Waals surface area contributed by atoms with Gasteiger partial charge < -0.3 is 4.74 Å². The van der Waals surface area contributed by atoms with Gasteiger partial charge in [-0.2, -0.15) is 0 Å². The summed E-state index contributed by atoms with van der Waals surface area (Å²) in [6, 6.07) is 0. The highest BCUT2D eigenvalue weighted by Gasteiger charge is 1.75. The predicted molar refractivity (Wildman–Crippen MR) is 36.3 cm³/mol. The Morgan fingerprint density at radius 3 is 2.33 bits per heavy atom. The van der Waals surface area contributed by atoms with Crippen LogP contribution in [0.3, 0.4) is 0 Å². The zero-order chi connectivity index (χ0) is 4.99. The fourth-order valence-corrected chi connectivity index (χ4v) is 0.370. The molecule has 34 valence electrons. The molecule has 0 aliphatic rings. The molecule has 4 heteroatoms. The minimum absolute atomic E-state index is 0.157. The maximum atomic E-state index is 4.34. The fraction of sp³-hybridized carbons (Fsp3) is 0. The lowest BCUT2D eigenvalue weighted by atomic mass is 11.5. The molecule has 0 unspecified atom stereocenters. The molecule has 0 bridgehead atoms. The van der Waals surface area contributed by atoms with E-state index in [9.17, 15) is 0 Å². The first-order valence-corrected chi connectivity index (χ1v) is 2.43. The second-order valence-electron chi connectivity index (χ2n) is 0.480. The Hall–Kier alpha value is 0.330. The molecule has 0 rings (SSSR count). The van der Waals surface area contributed by atoms with E-state index in [1.165, 1.54) is 0 Å². The number of rotatable bonds is 1. The molecule has 0 aromatic rings. The van der Waals surface area contributed by atoms with Crippen LogP contribution in [0, 0.1) is 0 Å². The van der Waals surface area contributed by atoms with E-state index in [1.807, 2.05) is 0 Å². The van der Waals surface area contributed by atoms with Gasteiger partial charge in [-0.25, -0.2) is 0 Å². The third kappa shape index (κ3) is 4.33. The molecular weight excluding hydrogens is 136 g/mol. The van der Waals surface area contributed by atoms with E-state index < -0.39 is 0 Å². The molecule has 0 radical (unpaired) electrons. The molecule has 0 atom stereocenters. The molecular formula is C2H2OS3. The Morgan fingerprint density at radius 1 is 1.83 bits per heavy atom. The Labute approximate surface area is 52.1 Å². The molecule has 1 nitrogen and oxygen atoms in total. The summed E-state index contributed by atoms with van der Waals surface area (Å²) in [5.74, 6) is 0. The number of thiocarbonyl (C=S) groups is 2. The fourth-order valence-electron chi connectivity index (χ4n) is 0.0412. The molecule has 0 spiro atoms. The summed E-state index contributed by atoms with van der Waals surface area (Å²) in [7, 11) is 0. The first-order valence-electron chi connectivity index (χ1n) is 1.10. The SMILES string of the molecule is S=COC(=S)S. The van der Waals surface area contributed by atoms with Gasteiger partial charge in [0.25, 0.3) is 0 Å². The van der Waals surface area contributed by atoms with E-state index >= 15 is 0 Å². The quantitative estimate of drug-likeness (QED) is 0.430. The molecule has 0 aliphatic carbocycles. The van der Waals surface area contributed by atoms with E-state index in [4.69, 9.17) is 0 Å². The van der Waals surface area contributed by atoms with Gasteiger partial charge in [0, 0.05) is 0 Å². The van der Waals surface area contributed by atoms with Crippen molar-refractivity contribution in [3.05, 3.63) is 0 Å². The van der Waals surface area contributed by atoms with Crippen molar-refractivity contribution in [3.8, 4) is 0 Å². The Kier molecular flexibility index (Phi) is 3.71. The normalized spacial score (nSPS) is 6.83. The maximum absolute atomic E-state index is 4.34. The van der Waals surface area contributed by atoms with Crippen molar-refractivity contribution in [2.45, 2.75) is 0 Å². The summed E-state index contributed by atoms with van der Waals surface area (Å²) in [5.41, 5.74) is 1.06. The van der Waals surface area contributed by atoms with Crippen LogP contribution in [-0.4, -0.2) is 9.94 Å². The summed E-state index contributed by atoms with van der Waals surface area (Å²) in [4.78, 5) is 0. The van der Waals surface area contributed by atoms with E-state index in [1.54, 1.807) is 0 Å². The van der Waals surface area contributed by atoms with Gasteiger partial charge in [0.1, 0.15) is 0 Å². The molecule has 0 saturated heterocycles. The molecule has 0 aromatic carbocycles. The summed E-state index contributed by atoms with van der Waals surface area (Å²) in [6.07, 6.45) is 0. The van der Waals surface area contributed by atoms with Gasteiger partial charge in [-0.3, -0.25) is 0 Å². The van der Waals surface area contributed by atoms with Gasteiger partial charge in [-0.15, -0.1) is 0 Å². The lowest BCUT2D eigenvalue weighted by molar-refractivity contribution is 0.614. The van der Waals surface area contributed by atoms with Gasteiger partial charge in [0.2, 0.25) is 4.38 Å². The molecule has 6 heavy (non-hydrogen) atoms. The second-order valence-corrected chi connectivity index (χ2v) is 1.75. The Balaban J connectivity index is 3.05. The van der Waals surface area contributed by atoms with Crippen molar-refractivity contribution in [1.82, 2.24) is 0 Å². The molecule has 0 fully saturated rings. The van der Waals surface area contributed by atoms with Crippen molar-refractivity contribution < 1.29 is 4.74 Å². The van der Waals surface area contributed by atoms with Crippen molar-refractivity contribution in [2.24, 2.45) is 0 Å². The number of ether oxygens (including phenoxy) is 1. The highest BCUT2D eigenvalue weighted by molar-refractivity contribution is 8.10. The Morgan fingerprint density at radius 2 is 2.33 bits per heavy atom. The number of hydrogen-bond acceptors (Lipinski definition) is 3. The zero-order valence-corrected chi connectivity index (χ0v) is 5.28. The van der Waals surface area contributed by atoms with Gasteiger partial charge >= 0.3 is 0 Å². The summed E-state index contributed by atoms with van der Waals surface area (Å²) >= 11 is 12.2. The van der Waals surface area contributed by atoms with Crippen LogP contribution in [0.15, 0.2) is 0 Å². The van der Waals surface area contributed by atoms with Crippen LogP contribution in [0.25, 0.3) is 0 Å². The molecule has 0 amide bonds. The second kappa shape index (κ2) is 3.52. The van der Waals surface area contributed by atoms with Gasteiger partial charge in [0.15, 0.2) is 5.55 Å². The van der Waals surface area contributed by atoms with Crippen molar-refractivity contribution in [3.63, 3.8) is 0 Å². The van der Waals surface area contributed by atoms with Gasteiger partial charge in [0.05, 0.1) is 0 Å². The van der Waals surface area contributed by atoms with Crippen LogP contribution >= 0.6 is 37.1 Å². The van der Waals surface area contributed by atoms with E-state index in [0.29, 0.717) is 0 Å². The highest BCUT2D eigenvalue weighted by Crippen LogP contribution is 1.81. The van der Waals surface area contributed by atoms with Crippen LogP contribution in [0.4, 0.5) is 0 Å². The first-order chi connectivity index (χ1) is 2.77. The van der Waals surface area contributed by atoms with Crippen LogP contribution in [-0.2, 0) is 4.74 Å². The first kappa shape index (κ1) is 6.33. The lowest BCUT2D eigenvalue weighted by Crippen LogP contribution is -1.84. The summed E-state index contributed by atoms with van der Waals surface area (Å²) < 4.78 is 4.48. The topological polar surface area (TPSA) is 9.23 Å². The van der Waals surface area contributed by atoms with Crippen molar-refractivity contribution >= 4 is 47.0 Å². The number of hydrogen-bond donors (Lipinski definition) is 1. The average molecular weight is 138 g/mol. The van der Waals surface area contributed by atoms with Crippen LogP contribution in [0.1, 0.15) is 0 Å². The molecule has 0 heterocycles. The summed E-state index contributed by atoms with van der Waals surface area (Å²) in [6.45, 7) is 0. The van der Waals surface area contributed by atoms with Crippen molar-refractivity contribution in [2.75, 3.05) is 0 Å². The summed E-state index contributed by atoms with van der Waals surface area (Å²) in [5, 5.41) is 0. The van der Waals surface area contributed by atoms with E-state index in [2.05, 4.69) is 41.8 Å².